The summed E-state index contributed by atoms with van der Waals surface area (Å²) in [6.07, 6.45) is 9.45. The molecule has 4 amide bonds. The second-order valence-electron chi connectivity index (χ2n) is 19.9. The highest BCUT2D eigenvalue weighted by Gasteiger charge is 2.38. The van der Waals surface area contributed by atoms with Crippen LogP contribution in [-0.2, 0) is 9.59 Å². The van der Waals surface area contributed by atoms with Gasteiger partial charge >= 0.3 is 6.03 Å². The van der Waals surface area contributed by atoms with Crippen LogP contribution in [0.4, 0.5) is 4.79 Å². The molecular weight excluding hydrogens is 805 g/mol. The van der Waals surface area contributed by atoms with E-state index < -0.39 is 0 Å². The lowest BCUT2D eigenvalue weighted by Gasteiger charge is -2.47. The summed E-state index contributed by atoms with van der Waals surface area (Å²) in [5.41, 5.74) is 10.7. The molecule has 3 aliphatic heterocycles. The van der Waals surface area contributed by atoms with Gasteiger partial charge < -0.3 is 20.4 Å². The molecule has 0 unspecified atom stereocenters. The highest BCUT2D eigenvalue weighted by Crippen LogP contribution is 2.35. The monoisotopic (exact) mass is 881 g/mol. The number of likely N-dealkylation sites (tertiary alicyclic amines) is 1. The summed E-state index contributed by atoms with van der Waals surface area (Å²) < 4.78 is 0. The number of carbonyl (C=O) groups is 3. The maximum Gasteiger partial charge on any atom is 0.314 e. The van der Waals surface area contributed by atoms with Crippen molar-refractivity contribution >= 4 is 17.8 Å². The van der Waals surface area contributed by atoms with Gasteiger partial charge in [0.2, 0.25) is 11.8 Å². The average molecular weight is 881 g/mol. The summed E-state index contributed by atoms with van der Waals surface area (Å²) in [7, 11) is 0. The lowest BCUT2D eigenvalue weighted by molar-refractivity contribution is -0.140. The Balaban J connectivity index is 0.000000195. The third kappa shape index (κ3) is 12.7. The number of piperidine rings is 1. The van der Waals surface area contributed by atoms with Crippen LogP contribution in [0.5, 0.6) is 0 Å². The average Bonchev–Trinajstić information content (AvgIpc) is 3.33. The van der Waals surface area contributed by atoms with Gasteiger partial charge in [-0.2, -0.15) is 0 Å². The van der Waals surface area contributed by atoms with Crippen molar-refractivity contribution in [2.24, 2.45) is 29.4 Å². The number of nitrogens with two attached hydrogens (primary N) is 1. The maximum absolute atomic E-state index is 13.4. The van der Waals surface area contributed by atoms with E-state index in [1.807, 2.05) is 0 Å². The molecule has 4 aromatic carbocycles. The zero-order valence-corrected chi connectivity index (χ0v) is 39.7. The van der Waals surface area contributed by atoms with Crippen LogP contribution in [0.15, 0.2) is 121 Å². The van der Waals surface area contributed by atoms with Crippen LogP contribution in [0, 0.1) is 23.7 Å². The van der Waals surface area contributed by atoms with E-state index in [2.05, 4.69) is 169 Å². The van der Waals surface area contributed by atoms with Crippen LogP contribution in [-0.4, -0.2) is 107 Å². The molecule has 65 heavy (non-hydrogen) atoms. The normalized spacial score (nSPS) is 20.6. The van der Waals surface area contributed by atoms with E-state index in [0.717, 1.165) is 58.5 Å². The van der Waals surface area contributed by atoms with Crippen molar-refractivity contribution < 1.29 is 14.4 Å². The Labute approximate surface area is 390 Å². The van der Waals surface area contributed by atoms with Gasteiger partial charge in [-0.1, -0.05) is 168 Å². The molecule has 2 atom stereocenters. The van der Waals surface area contributed by atoms with Crippen LogP contribution < -0.4 is 5.73 Å². The van der Waals surface area contributed by atoms with E-state index >= 15 is 0 Å². The number of rotatable bonds is 12. The van der Waals surface area contributed by atoms with Crippen molar-refractivity contribution in [2.45, 2.75) is 110 Å². The Hall–Kier alpha value is -4.99. The molecule has 8 rings (SSSR count). The van der Waals surface area contributed by atoms with Gasteiger partial charge in [0.15, 0.2) is 0 Å². The summed E-state index contributed by atoms with van der Waals surface area (Å²) in [4.78, 5) is 49.3. The smallest absolute Gasteiger partial charge is 0.314 e. The highest BCUT2D eigenvalue weighted by atomic mass is 16.2. The Morgan fingerprint density at radius 3 is 1.14 bits per heavy atom. The van der Waals surface area contributed by atoms with Gasteiger partial charge in [0.25, 0.3) is 0 Å². The Bertz CT molecular complexity index is 1970. The lowest BCUT2D eigenvalue weighted by Crippen LogP contribution is -2.58. The van der Waals surface area contributed by atoms with Gasteiger partial charge in [0, 0.05) is 77.3 Å². The molecule has 3 saturated heterocycles. The zero-order valence-electron chi connectivity index (χ0n) is 39.7. The van der Waals surface area contributed by atoms with Gasteiger partial charge in [-0.25, -0.2) is 4.79 Å². The van der Waals surface area contributed by atoms with E-state index in [0.29, 0.717) is 49.1 Å². The van der Waals surface area contributed by atoms with Gasteiger partial charge in [0.05, 0.1) is 12.1 Å². The number of hydrogen-bond donors (Lipinski definition) is 1. The molecular formula is C56H76N6O3. The molecule has 1 aliphatic carbocycles. The molecule has 4 aromatic rings. The van der Waals surface area contributed by atoms with Crippen molar-refractivity contribution in [3.05, 3.63) is 144 Å². The van der Waals surface area contributed by atoms with Crippen molar-refractivity contribution in [3.63, 3.8) is 0 Å². The van der Waals surface area contributed by atoms with Crippen molar-refractivity contribution in [1.29, 1.82) is 0 Å². The number of piperazine rings is 2. The van der Waals surface area contributed by atoms with E-state index in [9.17, 15) is 14.4 Å². The van der Waals surface area contributed by atoms with Crippen LogP contribution in [0.2, 0.25) is 0 Å². The largest absolute Gasteiger partial charge is 0.351 e. The number of amides is 4. The number of urea groups is 1. The molecule has 9 heteroatoms. The first kappa shape index (κ1) is 48.0. The number of primary amides is 1. The van der Waals surface area contributed by atoms with Crippen LogP contribution >= 0.6 is 0 Å². The molecule has 348 valence electrons. The van der Waals surface area contributed by atoms with Crippen molar-refractivity contribution in [1.82, 2.24) is 24.5 Å². The van der Waals surface area contributed by atoms with E-state index in [4.69, 9.17) is 5.73 Å². The van der Waals surface area contributed by atoms with Crippen molar-refractivity contribution in [3.8, 4) is 0 Å². The van der Waals surface area contributed by atoms with E-state index in [1.165, 1.54) is 54.4 Å². The van der Waals surface area contributed by atoms with E-state index in [1.54, 1.807) is 4.90 Å². The molecule has 0 bridgehead atoms. The second kappa shape index (κ2) is 23.5. The fraction of sp³-hybridized carbons (Fsp3) is 0.518. The molecule has 1 saturated carbocycles. The van der Waals surface area contributed by atoms with Gasteiger partial charge in [-0.15, -0.1) is 0 Å². The minimum Gasteiger partial charge on any atom is -0.351 e. The Kier molecular flexibility index (Phi) is 17.3. The quantitative estimate of drug-likeness (QED) is 0.153. The summed E-state index contributed by atoms with van der Waals surface area (Å²) in [6.45, 7) is 15.5. The molecule has 2 N–H and O–H groups in total. The molecule has 4 fully saturated rings. The standard InChI is InChI=1S/C28H38N4O2.C28H38N2O/c1-21(2)25-20-31(27(23-9-5-3-6-10-23)24-11-7-4-8-12-24)17-18-32(25)26(33)19-22-13-15-30(16-14-22)28(29)34;1-22(2)26-21-29(18-19-30(26)27(31)20-23-12-6-3-7-13-23)28(24-14-8-4-9-15-24)25-16-10-5-11-17-25/h3-12,21-22,25,27H,13-20H2,1-2H3,(H2,29,34);4-5,8-11,14-17,22-23,26,28H,3,6-7,12-13,18-21H2,1-2H3/t25-;26-/m11/s1. The molecule has 0 spiro atoms. The predicted octanol–water partition coefficient (Wildman–Crippen LogP) is 10.0. The third-order valence-corrected chi connectivity index (χ3v) is 14.8. The number of benzene rings is 4. The van der Waals surface area contributed by atoms with Crippen LogP contribution in [0.1, 0.15) is 120 Å². The SMILES string of the molecule is CC(C)[C@H]1CN(C(c2ccccc2)c2ccccc2)CCN1C(=O)CC1CCCCC1.CC(C)[C@H]1CN(C(c2ccccc2)c2ccccc2)CCN1C(=O)CC1CCN(C(N)=O)CC1. The third-order valence-electron chi connectivity index (χ3n) is 14.8. The minimum absolute atomic E-state index is 0.180. The summed E-state index contributed by atoms with van der Waals surface area (Å²) in [5.74, 6) is 2.40. The summed E-state index contributed by atoms with van der Waals surface area (Å²) in [5, 5.41) is 0. The number of hydrogen-bond acceptors (Lipinski definition) is 5. The fourth-order valence-electron chi connectivity index (χ4n) is 11.1. The lowest BCUT2D eigenvalue weighted by atomic mass is 9.86. The van der Waals surface area contributed by atoms with Crippen LogP contribution in [0.3, 0.4) is 0 Å². The number of nitrogens with zero attached hydrogens (tertiary/aromatic N) is 5. The molecule has 3 heterocycles. The molecule has 4 aliphatic rings. The zero-order chi connectivity index (χ0) is 45.7. The van der Waals surface area contributed by atoms with Crippen molar-refractivity contribution in [2.75, 3.05) is 52.4 Å². The summed E-state index contributed by atoms with van der Waals surface area (Å²) >= 11 is 0. The fourth-order valence-corrected chi connectivity index (χ4v) is 11.1. The first-order valence-corrected chi connectivity index (χ1v) is 24.9. The highest BCUT2D eigenvalue weighted by molar-refractivity contribution is 5.77. The molecule has 0 aromatic heterocycles. The first-order chi connectivity index (χ1) is 31.6. The van der Waals surface area contributed by atoms with E-state index in [-0.39, 0.29) is 36.1 Å². The molecule has 0 radical (unpaired) electrons. The Morgan fingerprint density at radius 1 is 0.477 bits per heavy atom. The van der Waals surface area contributed by atoms with Crippen LogP contribution in [0.25, 0.3) is 0 Å². The molecule has 9 nitrogen and oxygen atoms in total. The van der Waals surface area contributed by atoms with Gasteiger partial charge in [-0.05, 0) is 71.6 Å². The number of carbonyl (C=O) groups excluding carboxylic acids is 3. The van der Waals surface area contributed by atoms with Gasteiger partial charge in [0.1, 0.15) is 0 Å². The Morgan fingerprint density at radius 2 is 0.815 bits per heavy atom. The van der Waals surface area contributed by atoms with Gasteiger partial charge in [-0.3, -0.25) is 19.4 Å². The first-order valence-electron chi connectivity index (χ1n) is 24.9. The second-order valence-corrected chi connectivity index (χ2v) is 19.9. The minimum atomic E-state index is -0.354. The predicted molar refractivity (Wildman–Crippen MR) is 263 cm³/mol. The topological polar surface area (TPSA) is 93.4 Å². The maximum atomic E-state index is 13.4. The summed E-state index contributed by atoms with van der Waals surface area (Å²) in [6, 6.07) is 43.6.